The van der Waals surface area contributed by atoms with Crippen molar-refractivity contribution in [1.29, 1.82) is 0 Å². The predicted molar refractivity (Wildman–Crippen MR) is 235 cm³/mol. The average molecular weight is 728 g/mol. The molecule has 2 heterocycles. The van der Waals surface area contributed by atoms with Crippen molar-refractivity contribution in [3.8, 4) is 67.5 Å². The Bertz CT molecular complexity index is 3280. The summed E-state index contributed by atoms with van der Waals surface area (Å²) in [6.07, 6.45) is 0. The van der Waals surface area contributed by atoms with E-state index in [-0.39, 0.29) is 0 Å². The molecule has 0 fully saturated rings. The molecule has 4 heteroatoms. The smallest absolute Gasteiger partial charge is 0.167 e. The summed E-state index contributed by atoms with van der Waals surface area (Å²) in [5, 5.41) is 6.68. The van der Waals surface area contributed by atoms with Gasteiger partial charge >= 0.3 is 0 Å². The third-order valence-electron chi connectivity index (χ3n) is 10.9. The molecule has 266 valence electrons. The minimum atomic E-state index is 0.559. The topological polar surface area (TPSA) is 51.8 Å². The van der Waals surface area contributed by atoms with Crippen LogP contribution < -0.4 is 0 Å². The molecule has 0 aliphatic carbocycles. The Hall–Kier alpha value is -7.69. The summed E-state index contributed by atoms with van der Waals surface area (Å²) < 4.78 is 6.49. The first-order valence-electron chi connectivity index (χ1n) is 19.2. The summed E-state index contributed by atoms with van der Waals surface area (Å²) in [7, 11) is 0. The summed E-state index contributed by atoms with van der Waals surface area (Å²) in [5.74, 6) is 1.76. The highest BCUT2D eigenvalue weighted by molar-refractivity contribution is 6.09. The highest BCUT2D eigenvalue weighted by Gasteiger charge is 2.19. The van der Waals surface area contributed by atoms with Crippen molar-refractivity contribution in [3.05, 3.63) is 200 Å². The fourth-order valence-corrected chi connectivity index (χ4v) is 8.00. The van der Waals surface area contributed by atoms with Gasteiger partial charge in [-0.15, -0.1) is 0 Å². The Balaban J connectivity index is 1.07. The van der Waals surface area contributed by atoms with Crippen molar-refractivity contribution in [1.82, 2.24) is 15.0 Å². The first-order valence-corrected chi connectivity index (χ1v) is 19.2. The minimum Gasteiger partial charge on any atom is -0.455 e. The van der Waals surface area contributed by atoms with Crippen LogP contribution in [-0.4, -0.2) is 15.0 Å². The van der Waals surface area contributed by atoms with Crippen LogP contribution in [0, 0.1) is 0 Å². The predicted octanol–water partition coefficient (Wildman–Crippen LogP) is 14.1. The molecule has 0 atom stereocenters. The molecule has 0 radical (unpaired) electrons. The van der Waals surface area contributed by atoms with Crippen LogP contribution in [0.1, 0.15) is 0 Å². The van der Waals surface area contributed by atoms with Gasteiger partial charge in [-0.1, -0.05) is 170 Å². The number of hydrogen-bond acceptors (Lipinski definition) is 4. The number of para-hydroxylation sites is 2. The van der Waals surface area contributed by atoms with E-state index < -0.39 is 0 Å². The maximum absolute atomic E-state index is 6.49. The molecule has 57 heavy (non-hydrogen) atoms. The molecule has 0 aliphatic rings. The number of hydrogen-bond donors (Lipinski definition) is 0. The van der Waals surface area contributed by atoms with E-state index in [0.717, 1.165) is 71.7 Å². The van der Waals surface area contributed by atoms with Gasteiger partial charge in [0.05, 0.1) is 5.56 Å². The monoisotopic (exact) mass is 727 g/mol. The SMILES string of the molecule is c1ccc(-c2ccc(-c3nc(-c4cccc5ccc(-c6ccc7ccc(-c8ccccc8)cc7c6)cc45)nc(-c4cccc5c4oc4ccccc45)n3)cc2)cc1. The van der Waals surface area contributed by atoms with Crippen molar-refractivity contribution >= 4 is 43.5 Å². The molecule has 0 unspecified atom stereocenters. The first kappa shape index (κ1) is 32.7. The van der Waals surface area contributed by atoms with Gasteiger partial charge in [-0.05, 0) is 85.3 Å². The van der Waals surface area contributed by atoms with E-state index in [1.54, 1.807) is 0 Å². The van der Waals surface area contributed by atoms with Gasteiger partial charge < -0.3 is 4.42 Å². The lowest BCUT2D eigenvalue weighted by atomic mass is 9.95. The summed E-state index contributed by atoms with van der Waals surface area (Å²) in [5.41, 5.74) is 11.2. The van der Waals surface area contributed by atoms with Crippen LogP contribution in [0.5, 0.6) is 0 Å². The number of aromatic nitrogens is 3. The lowest BCUT2D eigenvalue weighted by molar-refractivity contribution is 0.669. The highest BCUT2D eigenvalue weighted by Crippen LogP contribution is 2.38. The molecule has 9 aromatic carbocycles. The van der Waals surface area contributed by atoms with Gasteiger partial charge in [0, 0.05) is 21.9 Å². The van der Waals surface area contributed by atoms with E-state index in [1.165, 1.54) is 21.9 Å². The lowest BCUT2D eigenvalue weighted by Gasteiger charge is -2.12. The highest BCUT2D eigenvalue weighted by atomic mass is 16.3. The largest absolute Gasteiger partial charge is 0.455 e. The number of furan rings is 1. The van der Waals surface area contributed by atoms with Crippen LogP contribution in [0.2, 0.25) is 0 Å². The number of rotatable bonds is 6. The molecule has 0 spiro atoms. The van der Waals surface area contributed by atoms with E-state index in [1.807, 2.05) is 36.4 Å². The van der Waals surface area contributed by atoms with Crippen molar-refractivity contribution < 1.29 is 4.42 Å². The van der Waals surface area contributed by atoms with Gasteiger partial charge in [0.2, 0.25) is 0 Å². The molecule has 0 N–H and O–H groups in total. The Morgan fingerprint density at radius 3 is 1.54 bits per heavy atom. The molecule has 2 aromatic heterocycles. The summed E-state index contributed by atoms with van der Waals surface area (Å²) in [6, 6.07) is 70.1. The number of nitrogens with zero attached hydrogens (tertiary/aromatic N) is 3. The Labute approximate surface area is 329 Å². The lowest BCUT2D eigenvalue weighted by Crippen LogP contribution is -2.01. The van der Waals surface area contributed by atoms with Crippen molar-refractivity contribution in [2.45, 2.75) is 0 Å². The first-order chi connectivity index (χ1) is 28.2. The molecular formula is C53H33N3O. The van der Waals surface area contributed by atoms with Gasteiger partial charge in [-0.3, -0.25) is 0 Å². The number of benzene rings is 9. The maximum Gasteiger partial charge on any atom is 0.167 e. The van der Waals surface area contributed by atoms with Crippen molar-refractivity contribution in [2.24, 2.45) is 0 Å². The summed E-state index contributed by atoms with van der Waals surface area (Å²) in [6.45, 7) is 0. The molecule has 0 aliphatic heterocycles. The van der Waals surface area contributed by atoms with Gasteiger partial charge in [-0.2, -0.15) is 0 Å². The van der Waals surface area contributed by atoms with Crippen LogP contribution >= 0.6 is 0 Å². The second kappa shape index (κ2) is 13.6. The Kier molecular flexibility index (Phi) is 7.78. The second-order valence-electron chi connectivity index (χ2n) is 14.4. The van der Waals surface area contributed by atoms with Crippen LogP contribution in [0.3, 0.4) is 0 Å². The Morgan fingerprint density at radius 2 is 0.789 bits per heavy atom. The average Bonchev–Trinajstić information content (AvgIpc) is 3.68. The summed E-state index contributed by atoms with van der Waals surface area (Å²) in [4.78, 5) is 15.6. The normalized spacial score (nSPS) is 11.5. The third-order valence-corrected chi connectivity index (χ3v) is 10.9. The molecule has 11 aromatic rings. The van der Waals surface area contributed by atoms with Gasteiger partial charge in [0.15, 0.2) is 17.5 Å². The Morgan fingerprint density at radius 1 is 0.281 bits per heavy atom. The van der Waals surface area contributed by atoms with Crippen LogP contribution in [0.4, 0.5) is 0 Å². The molecule has 11 rings (SSSR count). The minimum absolute atomic E-state index is 0.559. The van der Waals surface area contributed by atoms with Crippen LogP contribution in [0.15, 0.2) is 205 Å². The van der Waals surface area contributed by atoms with E-state index in [9.17, 15) is 0 Å². The van der Waals surface area contributed by atoms with E-state index >= 15 is 0 Å². The molecular weight excluding hydrogens is 695 g/mol. The van der Waals surface area contributed by atoms with E-state index in [4.69, 9.17) is 19.4 Å². The zero-order valence-electron chi connectivity index (χ0n) is 30.8. The van der Waals surface area contributed by atoms with E-state index in [2.05, 4.69) is 164 Å². The molecule has 0 bridgehead atoms. The van der Waals surface area contributed by atoms with Gasteiger partial charge in [0.1, 0.15) is 11.2 Å². The third kappa shape index (κ3) is 5.92. The molecule has 0 saturated carbocycles. The zero-order valence-corrected chi connectivity index (χ0v) is 30.8. The maximum atomic E-state index is 6.49. The van der Waals surface area contributed by atoms with E-state index in [0.29, 0.717) is 17.5 Å². The van der Waals surface area contributed by atoms with Gasteiger partial charge in [0.25, 0.3) is 0 Å². The van der Waals surface area contributed by atoms with Gasteiger partial charge in [-0.25, -0.2) is 15.0 Å². The van der Waals surface area contributed by atoms with Crippen LogP contribution in [-0.2, 0) is 0 Å². The van der Waals surface area contributed by atoms with Crippen LogP contribution in [0.25, 0.3) is 111 Å². The number of fused-ring (bicyclic) bond motifs is 5. The van der Waals surface area contributed by atoms with Crippen molar-refractivity contribution in [3.63, 3.8) is 0 Å². The standard InChI is InChI=1S/C53H33N3O/c1-3-11-34(12-4-1)36-21-26-39(27-22-36)51-54-52(56-53(55-51)47-19-10-17-45-44-16-7-8-20-49(44)57-50(45)47)46-18-9-15-38-25-30-42(33-48(38)46)41-29-24-37-23-28-40(31-43(37)32-41)35-13-5-2-6-14-35/h1-33H. The summed E-state index contributed by atoms with van der Waals surface area (Å²) >= 11 is 0. The van der Waals surface area contributed by atoms with Crippen molar-refractivity contribution in [2.75, 3.05) is 0 Å². The molecule has 0 amide bonds. The zero-order chi connectivity index (χ0) is 37.7. The second-order valence-corrected chi connectivity index (χ2v) is 14.4. The molecule has 4 nitrogen and oxygen atoms in total. The molecule has 0 saturated heterocycles. The fraction of sp³-hybridized carbons (Fsp3) is 0. The fourth-order valence-electron chi connectivity index (χ4n) is 8.00. The quantitative estimate of drug-likeness (QED) is 0.171.